The first-order valence-corrected chi connectivity index (χ1v) is 5.05. The molecule has 0 fully saturated rings. The van der Waals surface area contributed by atoms with Gasteiger partial charge in [0.05, 0.1) is 5.69 Å². The Hall–Kier alpha value is -2.17. The van der Waals surface area contributed by atoms with Gasteiger partial charge in [-0.3, -0.25) is 4.57 Å². The summed E-state index contributed by atoms with van der Waals surface area (Å²) in [7, 11) is 0. The Balaban J connectivity index is 2.38. The summed E-state index contributed by atoms with van der Waals surface area (Å²) < 4.78 is 27.8. The SMILES string of the molecule is C=CCNc1nccn1-c1cc(F)cc(F)c1. The molecule has 0 radical (unpaired) electrons. The van der Waals surface area contributed by atoms with Crippen molar-refractivity contribution in [2.75, 3.05) is 11.9 Å². The van der Waals surface area contributed by atoms with E-state index in [0.717, 1.165) is 6.07 Å². The van der Waals surface area contributed by atoms with Crippen LogP contribution in [0.15, 0.2) is 43.2 Å². The summed E-state index contributed by atoms with van der Waals surface area (Å²) in [6.45, 7) is 4.09. The highest BCUT2D eigenvalue weighted by molar-refractivity contribution is 5.42. The topological polar surface area (TPSA) is 29.9 Å². The Kier molecular flexibility index (Phi) is 3.18. The third-order valence-electron chi connectivity index (χ3n) is 2.17. The maximum absolute atomic E-state index is 13.1. The van der Waals surface area contributed by atoms with E-state index in [-0.39, 0.29) is 0 Å². The van der Waals surface area contributed by atoms with Gasteiger partial charge in [-0.2, -0.15) is 0 Å². The summed E-state index contributed by atoms with van der Waals surface area (Å²) in [5.74, 6) is -0.735. The minimum Gasteiger partial charge on any atom is -0.352 e. The fourth-order valence-corrected chi connectivity index (χ4v) is 1.48. The molecule has 1 heterocycles. The molecule has 0 aliphatic rings. The maximum Gasteiger partial charge on any atom is 0.207 e. The predicted octanol–water partition coefficient (Wildman–Crippen LogP) is 2.75. The Labute approximate surface area is 97.4 Å². The minimum absolute atomic E-state index is 0.381. The quantitative estimate of drug-likeness (QED) is 0.826. The van der Waals surface area contributed by atoms with Crippen molar-refractivity contribution >= 4 is 5.95 Å². The van der Waals surface area contributed by atoms with Gasteiger partial charge >= 0.3 is 0 Å². The van der Waals surface area contributed by atoms with Crippen molar-refractivity contribution < 1.29 is 8.78 Å². The van der Waals surface area contributed by atoms with E-state index in [0.29, 0.717) is 18.2 Å². The van der Waals surface area contributed by atoms with Gasteiger partial charge < -0.3 is 5.32 Å². The van der Waals surface area contributed by atoms with Crippen LogP contribution >= 0.6 is 0 Å². The number of hydrogen-bond acceptors (Lipinski definition) is 2. The molecule has 2 rings (SSSR count). The number of benzene rings is 1. The Morgan fingerprint density at radius 3 is 2.65 bits per heavy atom. The Bertz CT molecular complexity index is 514. The molecule has 88 valence electrons. The molecule has 3 nitrogen and oxygen atoms in total. The van der Waals surface area contributed by atoms with E-state index in [4.69, 9.17) is 0 Å². The van der Waals surface area contributed by atoms with E-state index in [1.54, 1.807) is 23.0 Å². The average molecular weight is 235 g/mol. The van der Waals surface area contributed by atoms with Crippen molar-refractivity contribution in [2.45, 2.75) is 0 Å². The molecular weight excluding hydrogens is 224 g/mol. The van der Waals surface area contributed by atoms with Crippen molar-refractivity contribution in [3.63, 3.8) is 0 Å². The zero-order valence-electron chi connectivity index (χ0n) is 9.03. The fourth-order valence-electron chi connectivity index (χ4n) is 1.48. The van der Waals surface area contributed by atoms with Crippen molar-refractivity contribution in [2.24, 2.45) is 0 Å². The van der Waals surface area contributed by atoms with E-state index in [1.165, 1.54) is 12.1 Å². The molecular formula is C12H11F2N3. The molecule has 0 bridgehead atoms. The number of anilines is 1. The van der Waals surface area contributed by atoms with Crippen molar-refractivity contribution in [3.8, 4) is 5.69 Å². The smallest absolute Gasteiger partial charge is 0.207 e. The standard InChI is InChI=1S/C12H11F2N3/c1-2-3-15-12-16-4-5-17(12)11-7-9(13)6-10(14)8-11/h2,4-8H,1,3H2,(H,15,16). The highest BCUT2D eigenvalue weighted by Crippen LogP contribution is 2.17. The van der Waals surface area contributed by atoms with Crippen LogP contribution in [0.25, 0.3) is 5.69 Å². The van der Waals surface area contributed by atoms with Crippen molar-refractivity contribution in [1.29, 1.82) is 0 Å². The second-order valence-corrected chi connectivity index (χ2v) is 3.42. The lowest BCUT2D eigenvalue weighted by Crippen LogP contribution is -2.06. The summed E-state index contributed by atoms with van der Waals surface area (Å²) in [5.41, 5.74) is 0.381. The fraction of sp³-hybridized carbons (Fsp3) is 0.0833. The van der Waals surface area contributed by atoms with Gasteiger partial charge in [0.25, 0.3) is 0 Å². The van der Waals surface area contributed by atoms with Gasteiger partial charge in [-0.15, -0.1) is 6.58 Å². The second kappa shape index (κ2) is 4.78. The first-order valence-electron chi connectivity index (χ1n) is 5.05. The molecule has 1 aromatic heterocycles. The van der Waals surface area contributed by atoms with Gasteiger partial charge in [0.1, 0.15) is 11.6 Å². The maximum atomic E-state index is 13.1. The van der Waals surface area contributed by atoms with E-state index in [9.17, 15) is 8.78 Å². The number of nitrogens with one attached hydrogen (secondary N) is 1. The Morgan fingerprint density at radius 1 is 1.29 bits per heavy atom. The van der Waals surface area contributed by atoms with E-state index < -0.39 is 11.6 Å². The predicted molar refractivity (Wildman–Crippen MR) is 62.2 cm³/mol. The number of aromatic nitrogens is 2. The average Bonchev–Trinajstić information content (AvgIpc) is 2.73. The molecule has 17 heavy (non-hydrogen) atoms. The van der Waals surface area contributed by atoms with Crippen LogP contribution in [0.4, 0.5) is 14.7 Å². The molecule has 0 unspecified atom stereocenters. The first-order chi connectivity index (χ1) is 8.20. The van der Waals surface area contributed by atoms with Crippen LogP contribution < -0.4 is 5.32 Å². The van der Waals surface area contributed by atoms with Gasteiger partial charge in [-0.05, 0) is 12.1 Å². The molecule has 0 spiro atoms. The minimum atomic E-state index is -0.622. The second-order valence-electron chi connectivity index (χ2n) is 3.42. The summed E-state index contributed by atoms with van der Waals surface area (Å²) in [6, 6.07) is 3.31. The molecule has 0 saturated carbocycles. The largest absolute Gasteiger partial charge is 0.352 e. The van der Waals surface area contributed by atoms with Crippen molar-refractivity contribution in [3.05, 3.63) is 54.9 Å². The van der Waals surface area contributed by atoms with Gasteiger partial charge in [-0.1, -0.05) is 6.08 Å². The molecule has 0 saturated heterocycles. The summed E-state index contributed by atoms with van der Waals surface area (Å²) >= 11 is 0. The lowest BCUT2D eigenvalue weighted by molar-refractivity contribution is 0.581. The number of imidazole rings is 1. The van der Waals surface area contributed by atoms with Crippen LogP contribution in [0.1, 0.15) is 0 Å². The normalized spacial score (nSPS) is 10.2. The summed E-state index contributed by atoms with van der Waals surface area (Å²) in [5, 5.41) is 2.97. The number of rotatable bonds is 4. The van der Waals surface area contributed by atoms with Crippen LogP contribution in [0.3, 0.4) is 0 Å². The molecule has 0 aliphatic heterocycles. The van der Waals surface area contributed by atoms with Gasteiger partial charge in [0.15, 0.2) is 0 Å². The number of halogens is 2. The highest BCUT2D eigenvalue weighted by Gasteiger charge is 2.06. The molecule has 0 aliphatic carbocycles. The zero-order valence-corrected chi connectivity index (χ0v) is 9.03. The van der Waals surface area contributed by atoms with Crippen LogP contribution in [-0.4, -0.2) is 16.1 Å². The first kappa shape index (κ1) is 11.3. The van der Waals surface area contributed by atoms with Gasteiger partial charge in [0, 0.05) is 25.0 Å². The third kappa shape index (κ3) is 2.50. The Morgan fingerprint density at radius 2 is 2.00 bits per heavy atom. The molecule has 0 atom stereocenters. The van der Waals surface area contributed by atoms with Crippen molar-refractivity contribution in [1.82, 2.24) is 9.55 Å². The van der Waals surface area contributed by atoms with Gasteiger partial charge in [-0.25, -0.2) is 13.8 Å². The molecule has 0 amide bonds. The molecule has 2 aromatic rings. The monoisotopic (exact) mass is 235 g/mol. The molecule has 1 N–H and O–H groups in total. The number of nitrogens with zero attached hydrogens (tertiary/aromatic N) is 2. The molecule has 1 aromatic carbocycles. The van der Waals surface area contributed by atoms with E-state index in [1.807, 2.05) is 0 Å². The summed E-state index contributed by atoms with van der Waals surface area (Å²) in [6.07, 6.45) is 4.85. The van der Waals surface area contributed by atoms with Crippen LogP contribution in [0.2, 0.25) is 0 Å². The summed E-state index contributed by atoms with van der Waals surface area (Å²) in [4.78, 5) is 4.05. The lowest BCUT2D eigenvalue weighted by Gasteiger charge is -2.08. The van der Waals surface area contributed by atoms with Crippen LogP contribution in [0.5, 0.6) is 0 Å². The highest BCUT2D eigenvalue weighted by atomic mass is 19.1. The zero-order chi connectivity index (χ0) is 12.3. The van der Waals surface area contributed by atoms with E-state index in [2.05, 4.69) is 16.9 Å². The lowest BCUT2D eigenvalue weighted by atomic mass is 10.3. The molecule has 5 heteroatoms. The number of hydrogen-bond donors (Lipinski definition) is 1. The third-order valence-corrected chi connectivity index (χ3v) is 2.17. The van der Waals surface area contributed by atoms with Gasteiger partial charge in [0.2, 0.25) is 5.95 Å². The van der Waals surface area contributed by atoms with Crippen LogP contribution in [-0.2, 0) is 0 Å². The van der Waals surface area contributed by atoms with Crippen LogP contribution in [0, 0.1) is 11.6 Å². The van der Waals surface area contributed by atoms with E-state index >= 15 is 0 Å².